The first-order valence-electron chi connectivity index (χ1n) is 16.5. The highest BCUT2D eigenvalue weighted by Crippen LogP contribution is 2.56. The minimum Gasteiger partial charge on any atom is -0.359 e. The number of piperidine rings is 1. The summed E-state index contributed by atoms with van der Waals surface area (Å²) in [5, 5.41) is 117. The summed E-state index contributed by atoms with van der Waals surface area (Å²) in [6, 6.07) is -4.28. The van der Waals surface area contributed by atoms with Crippen LogP contribution in [0.3, 0.4) is 0 Å². The summed E-state index contributed by atoms with van der Waals surface area (Å²) in [5.74, 6) is -27.5. The Labute approximate surface area is 303 Å². The van der Waals surface area contributed by atoms with E-state index in [1.54, 1.807) is 5.32 Å². The third kappa shape index (κ3) is 6.61. The van der Waals surface area contributed by atoms with Crippen molar-refractivity contribution in [3.05, 3.63) is 24.3 Å². The van der Waals surface area contributed by atoms with Gasteiger partial charge in [-0.25, -0.2) is 4.79 Å². The first kappa shape index (κ1) is 41.9. The summed E-state index contributed by atoms with van der Waals surface area (Å²) in [6.07, 6.45) is 1.68. The average molecular weight is 762 g/mol. The van der Waals surface area contributed by atoms with Crippen molar-refractivity contribution in [2.45, 2.75) is 112 Å². The Balaban J connectivity index is 1.64. The van der Waals surface area contributed by atoms with E-state index in [9.17, 15) is 70.2 Å². The summed E-state index contributed by atoms with van der Waals surface area (Å²) in [5.41, 5.74) is -4.19. The molecule has 0 spiro atoms. The second-order valence-electron chi connectivity index (χ2n) is 16.3. The van der Waals surface area contributed by atoms with Crippen LogP contribution in [0.1, 0.15) is 54.4 Å². The number of fused-ring (bicyclic) bond motifs is 1. The van der Waals surface area contributed by atoms with Gasteiger partial charge in [0.25, 0.3) is 28.9 Å². The van der Waals surface area contributed by atoms with Crippen LogP contribution >= 0.6 is 11.8 Å². The maximum absolute atomic E-state index is 14.2. The van der Waals surface area contributed by atoms with Gasteiger partial charge in [-0.3, -0.25) is 14.4 Å². The lowest BCUT2D eigenvalue weighted by molar-refractivity contribution is -0.592. The molecule has 4 unspecified atom stereocenters. The molecule has 14 N–H and O–H groups in total. The van der Waals surface area contributed by atoms with Crippen molar-refractivity contribution < 1.29 is 70.2 Å². The molecule has 0 radical (unpaired) electrons. The number of likely N-dealkylation sites (tertiary alicyclic amines) is 1. The van der Waals surface area contributed by atoms with Gasteiger partial charge in [0.2, 0.25) is 17.7 Å². The molecule has 4 aliphatic rings. The Kier molecular flexibility index (Phi) is 10.4. The molecule has 294 valence electrons. The Morgan fingerprint density at radius 1 is 0.865 bits per heavy atom. The molecule has 0 bridgehead atoms. The molecule has 4 atom stereocenters. The smallest absolute Gasteiger partial charge is 0.316 e. The van der Waals surface area contributed by atoms with Crippen molar-refractivity contribution in [3.8, 4) is 0 Å². The number of carbonyl (C=O) groups is 4. The number of carbonyl (C=O) groups excluding carboxylic acids is 4. The summed E-state index contributed by atoms with van der Waals surface area (Å²) >= 11 is 0.612. The van der Waals surface area contributed by atoms with Crippen LogP contribution in [0.5, 0.6) is 0 Å². The maximum Gasteiger partial charge on any atom is 0.316 e. The Bertz CT molecular complexity index is 1500. The van der Waals surface area contributed by atoms with E-state index in [1.807, 2.05) is 0 Å². The van der Waals surface area contributed by atoms with Gasteiger partial charge in [-0.15, -0.1) is 0 Å². The fourth-order valence-corrected chi connectivity index (χ4v) is 7.60. The molecule has 20 heteroatoms. The number of nitrogens with one attached hydrogen (secondary N) is 4. The van der Waals surface area contributed by atoms with Gasteiger partial charge in [0.05, 0.1) is 0 Å². The number of nitrogens with zero attached hydrogens (tertiary/aromatic N) is 1. The van der Waals surface area contributed by atoms with Crippen LogP contribution in [0.15, 0.2) is 24.3 Å². The SMILES string of the molecule is C=C(CNC(=O)C1C2C(=C)C2CN1C(=O)C(NC(=O)NC1(CSC(C)(C)C)C(O)(O)C(O)(O)C(O)(O)C(O)(O)C1(O)O)C(C)(C)C)C(=O)NC1CC1. The highest BCUT2D eigenvalue weighted by atomic mass is 32.2. The van der Waals surface area contributed by atoms with E-state index in [0.29, 0.717) is 17.3 Å². The van der Waals surface area contributed by atoms with Crippen molar-refractivity contribution in [1.29, 1.82) is 0 Å². The van der Waals surface area contributed by atoms with Crippen LogP contribution in [-0.4, -0.2) is 156 Å². The van der Waals surface area contributed by atoms with Gasteiger partial charge in [-0.05, 0) is 18.3 Å². The molecule has 4 fully saturated rings. The van der Waals surface area contributed by atoms with Crippen LogP contribution in [0, 0.1) is 17.3 Å². The van der Waals surface area contributed by atoms with Crippen LogP contribution < -0.4 is 21.3 Å². The highest BCUT2D eigenvalue weighted by molar-refractivity contribution is 8.00. The van der Waals surface area contributed by atoms with E-state index >= 15 is 0 Å². The second-order valence-corrected chi connectivity index (χ2v) is 18.1. The molecule has 0 aromatic carbocycles. The van der Waals surface area contributed by atoms with Gasteiger partial charge < -0.3 is 77.2 Å². The normalized spacial score (nSPS) is 28.2. The summed E-state index contributed by atoms with van der Waals surface area (Å²) in [7, 11) is 0. The topological polar surface area (TPSA) is 322 Å². The van der Waals surface area contributed by atoms with Gasteiger partial charge >= 0.3 is 6.03 Å². The van der Waals surface area contributed by atoms with Crippen molar-refractivity contribution in [1.82, 2.24) is 26.2 Å². The van der Waals surface area contributed by atoms with Crippen molar-refractivity contribution in [3.63, 3.8) is 0 Å². The minimum atomic E-state index is -4.88. The molecular weight excluding hydrogens is 710 g/mol. The predicted octanol–water partition coefficient (Wildman–Crippen LogP) is -4.65. The number of hydrogen-bond acceptors (Lipinski definition) is 15. The first-order chi connectivity index (χ1) is 23.3. The first-order valence-corrected chi connectivity index (χ1v) is 17.5. The zero-order chi connectivity index (χ0) is 40.0. The van der Waals surface area contributed by atoms with Gasteiger partial charge in [-0.1, -0.05) is 60.3 Å². The fourth-order valence-electron chi connectivity index (χ4n) is 6.48. The third-order valence-electron chi connectivity index (χ3n) is 10.1. The van der Waals surface area contributed by atoms with E-state index in [-0.39, 0.29) is 30.6 Å². The summed E-state index contributed by atoms with van der Waals surface area (Å²) < 4.78 is -0.946. The lowest BCUT2D eigenvalue weighted by atomic mass is 9.62. The number of aliphatic hydroxyl groups is 10. The molecule has 5 amide bonds. The molecule has 1 aliphatic heterocycles. The lowest BCUT2D eigenvalue weighted by Gasteiger charge is -2.65. The average Bonchev–Trinajstić information content (AvgIpc) is 3.88. The highest BCUT2D eigenvalue weighted by Gasteiger charge is 2.91. The van der Waals surface area contributed by atoms with E-state index in [2.05, 4.69) is 29.1 Å². The third-order valence-corrected chi connectivity index (χ3v) is 11.6. The molecule has 3 saturated carbocycles. The van der Waals surface area contributed by atoms with Crippen LogP contribution in [0.25, 0.3) is 0 Å². The molecule has 3 aliphatic carbocycles. The fraction of sp³-hybridized carbons (Fsp3) is 0.750. The number of amides is 5. The van der Waals surface area contributed by atoms with Crippen molar-refractivity contribution in [2.24, 2.45) is 17.3 Å². The molecule has 0 aromatic rings. The van der Waals surface area contributed by atoms with E-state index in [4.69, 9.17) is 0 Å². The number of urea groups is 1. The molecule has 0 aromatic heterocycles. The largest absolute Gasteiger partial charge is 0.359 e. The number of hydrogen-bond donors (Lipinski definition) is 14. The van der Waals surface area contributed by atoms with Gasteiger partial charge in [-0.2, -0.15) is 11.8 Å². The van der Waals surface area contributed by atoms with Gasteiger partial charge in [0.15, 0.2) is 5.54 Å². The molecule has 19 nitrogen and oxygen atoms in total. The van der Waals surface area contributed by atoms with Gasteiger partial charge in [0.1, 0.15) is 12.1 Å². The molecular formula is C32H51N5O14S. The van der Waals surface area contributed by atoms with Crippen LogP contribution in [-0.2, 0) is 14.4 Å². The van der Waals surface area contributed by atoms with Crippen molar-refractivity contribution >= 4 is 35.5 Å². The van der Waals surface area contributed by atoms with Crippen molar-refractivity contribution in [2.75, 3.05) is 18.8 Å². The van der Waals surface area contributed by atoms with E-state index < -0.39 is 92.1 Å². The molecule has 4 rings (SSSR count). The quantitative estimate of drug-likeness (QED) is 0.0566. The predicted molar refractivity (Wildman–Crippen MR) is 181 cm³/mol. The zero-order valence-corrected chi connectivity index (χ0v) is 30.6. The Morgan fingerprint density at radius 2 is 1.37 bits per heavy atom. The second kappa shape index (κ2) is 12.9. The molecule has 1 heterocycles. The van der Waals surface area contributed by atoms with Crippen LogP contribution in [0.4, 0.5) is 4.79 Å². The summed E-state index contributed by atoms with van der Waals surface area (Å²) in [6.45, 7) is 16.6. The standard InChI is InChI=1S/C32H51N5O14S/c1-14(21(38)34-16-9-10-16)11-33-22(39)19-18-15(2)17(18)12-37(19)23(40)20(25(3,4)5)35-24(41)36-27(13-52-26(6,7)8)28(42,43)30(46,47)32(50,51)31(48,49)29(27,44)45/h16-20,42-51H,1-2,9-13H2,3-8H3,(H,33,39)(H,34,38)(H2,35,36,41). The van der Waals surface area contributed by atoms with E-state index in [0.717, 1.165) is 12.8 Å². The molecule has 1 saturated heterocycles. The zero-order valence-electron chi connectivity index (χ0n) is 29.8. The Morgan fingerprint density at radius 3 is 1.83 bits per heavy atom. The van der Waals surface area contributed by atoms with Gasteiger partial charge in [0, 0.05) is 47.0 Å². The van der Waals surface area contributed by atoms with Crippen LogP contribution in [0.2, 0.25) is 0 Å². The number of rotatable bonds is 10. The monoisotopic (exact) mass is 761 g/mol. The summed E-state index contributed by atoms with van der Waals surface area (Å²) in [4.78, 5) is 55.1. The maximum atomic E-state index is 14.2. The number of thioether (sulfide) groups is 1. The Hall–Kier alpha value is -2.89. The van der Waals surface area contributed by atoms with E-state index in [1.165, 1.54) is 46.4 Å². The lowest BCUT2D eigenvalue weighted by Crippen LogP contribution is -2.99. The molecule has 52 heavy (non-hydrogen) atoms. The minimum absolute atomic E-state index is 0.0164.